The van der Waals surface area contributed by atoms with E-state index in [4.69, 9.17) is 4.74 Å². The van der Waals surface area contributed by atoms with Crippen molar-refractivity contribution in [1.82, 2.24) is 10.2 Å². The molecule has 27 heavy (non-hydrogen) atoms. The number of amides is 1. The van der Waals surface area contributed by atoms with Gasteiger partial charge in [-0.25, -0.2) is 0 Å². The van der Waals surface area contributed by atoms with Gasteiger partial charge in [0.05, 0.1) is 11.7 Å². The quantitative estimate of drug-likeness (QED) is 0.753. The number of ether oxygens (including phenoxy) is 1. The second kappa shape index (κ2) is 9.05. The normalized spacial score (nSPS) is 14.3. The summed E-state index contributed by atoms with van der Waals surface area (Å²) in [5, 5.41) is 3.07. The van der Waals surface area contributed by atoms with E-state index in [1.54, 1.807) is 0 Å². The van der Waals surface area contributed by atoms with Crippen molar-refractivity contribution in [2.75, 3.05) is 7.05 Å². The zero-order valence-electron chi connectivity index (χ0n) is 16.6. The maximum atomic E-state index is 12.8. The molecule has 0 atom stereocenters. The highest BCUT2D eigenvalue weighted by Crippen LogP contribution is 2.27. The van der Waals surface area contributed by atoms with E-state index in [1.165, 1.54) is 12.0 Å². The monoisotopic (exact) mass is 366 g/mol. The van der Waals surface area contributed by atoms with Crippen LogP contribution in [0.25, 0.3) is 0 Å². The van der Waals surface area contributed by atoms with Crippen molar-refractivity contribution in [1.29, 1.82) is 0 Å². The number of para-hydroxylation sites is 1. The van der Waals surface area contributed by atoms with Gasteiger partial charge >= 0.3 is 0 Å². The van der Waals surface area contributed by atoms with E-state index in [2.05, 4.69) is 49.3 Å². The molecule has 0 heterocycles. The molecule has 2 aromatic carbocycles. The van der Waals surface area contributed by atoms with Crippen LogP contribution in [0.5, 0.6) is 5.75 Å². The predicted octanol–water partition coefficient (Wildman–Crippen LogP) is 4.39. The SMILES string of the molecule is CC(C)N(C)Cc1ccccc1CNC(=O)c1ccccc1OC1CCC1. The fourth-order valence-corrected chi connectivity index (χ4v) is 3.03. The Morgan fingerprint density at radius 1 is 1.11 bits per heavy atom. The maximum absolute atomic E-state index is 12.8. The summed E-state index contributed by atoms with van der Waals surface area (Å²) in [6.45, 7) is 5.75. The van der Waals surface area contributed by atoms with E-state index >= 15 is 0 Å². The van der Waals surface area contributed by atoms with E-state index in [-0.39, 0.29) is 12.0 Å². The molecule has 0 bridgehead atoms. The highest BCUT2D eigenvalue weighted by molar-refractivity contribution is 5.96. The first-order valence-corrected chi connectivity index (χ1v) is 9.85. The second-order valence-corrected chi connectivity index (χ2v) is 7.63. The van der Waals surface area contributed by atoms with E-state index in [0.717, 1.165) is 24.9 Å². The molecule has 1 aliphatic rings. The zero-order valence-corrected chi connectivity index (χ0v) is 16.6. The number of rotatable bonds is 8. The van der Waals surface area contributed by atoms with Crippen LogP contribution < -0.4 is 10.1 Å². The zero-order chi connectivity index (χ0) is 19.2. The topological polar surface area (TPSA) is 41.6 Å². The van der Waals surface area contributed by atoms with Crippen molar-refractivity contribution in [3.8, 4) is 5.75 Å². The van der Waals surface area contributed by atoms with Gasteiger partial charge in [0.2, 0.25) is 0 Å². The molecular weight excluding hydrogens is 336 g/mol. The van der Waals surface area contributed by atoms with Crippen molar-refractivity contribution >= 4 is 5.91 Å². The fraction of sp³-hybridized carbons (Fsp3) is 0.435. The third-order valence-electron chi connectivity index (χ3n) is 5.34. The summed E-state index contributed by atoms with van der Waals surface area (Å²) in [7, 11) is 2.12. The summed E-state index contributed by atoms with van der Waals surface area (Å²) in [5.41, 5.74) is 3.00. The van der Waals surface area contributed by atoms with Crippen molar-refractivity contribution in [2.24, 2.45) is 0 Å². The van der Waals surface area contributed by atoms with Gasteiger partial charge in [-0.3, -0.25) is 9.69 Å². The highest BCUT2D eigenvalue weighted by atomic mass is 16.5. The molecule has 3 rings (SSSR count). The lowest BCUT2D eigenvalue weighted by Crippen LogP contribution is -2.29. The van der Waals surface area contributed by atoms with Crippen LogP contribution in [0.4, 0.5) is 0 Å². The molecule has 144 valence electrons. The molecule has 4 heteroatoms. The molecule has 0 radical (unpaired) electrons. The van der Waals surface area contributed by atoms with Crippen molar-refractivity contribution in [3.63, 3.8) is 0 Å². The average Bonchev–Trinajstić information content (AvgIpc) is 2.64. The molecule has 1 saturated carbocycles. The van der Waals surface area contributed by atoms with Crippen LogP contribution in [0.15, 0.2) is 48.5 Å². The Bertz CT molecular complexity index is 768. The third kappa shape index (κ3) is 5.10. The fourth-order valence-electron chi connectivity index (χ4n) is 3.03. The Labute approximate surface area is 162 Å². The number of hydrogen-bond donors (Lipinski definition) is 1. The minimum atomic E-state index is -0.0862. The van der Waals surface area contributed by atoms with Gasteiger partial charge in [-0.1, -0.05) is 36.4 Å². The molecule has 1 N–H and O–H groups in total. The van der Waals surface area contributed by atoms with Crippen LogP contribution in [0.3, 0.4) is 0 Å². The Morgan fingerprint density at radius 2 is 1.78 bits per heavy atom. The van der Waals surface area contributed by atoms with Gasteiger partial charge in [0.1, 0.15) is 5.75 Å². The standard InChI is InChI=1S/C23H30N2O2/c1-17(2)25(3)16-19-10-5-4-9-18(19)15-24-23(26)21-13-6-7-14-22(21)27-20-11-8-12-20/h4-7,9-10,13-14,17,20H,8,11-12,15-16H2,1-3H3,(H,24,26). The molecule has 4 nitrogen and oxygen atoms in total. The van der Waals surface area contributed by atoms with Gasteiger partial charge in [0, 0.05) is 19.1 Å². The maximum Gasteiger partial charge on any atom is 0.255 e. The van der Waals surface area contributed by atoms with Crippen LogP contribution in [-0.4, -0.2) is 30.0 Å². The molecule has 0 aromatic heterocycles. The number of nitrogens with one attached hydrogen (secondary N) is 1. The van der Waals surface area contributed by atoms with Gasteiger partial charge in [-0.15, -0.1) is 0 Å². The summed E-state index contributed by atoms with van der Waals surface area (Å²) in [5.74, 6) is 0.601. The Morgan fingerprint density at radius 3 is 2.44 bits per heavy atom. The molecular formula is C23H30N2O2. The first-order valence-electron chi connectivity index (χ1n) is 9.85. The van der Waals surface area contributed by atoms with Crippen LogP contribution >= 0.6 is 0 Å². The first kappa shape index (κ1) is 19.4. The van der Waals surface area contributed by atoms with Gasteiger partial charge in [0.15, 0.2) is 0 Å². The Kier molecular flexibility index (Phi) is 6.51. The molecule has 0 saturated heterocycles. The Hall–Kier alpha value is -2.33. The van der Waals surface area contributed by atoms with E-state index in [1.807, 2.05) is 30.3 Å². The predicted molar refractivity (Wildman–Crippen MR) is 109 cm³/mol. The minimum Gasteiger partial charge on any atom is -0.490 e. The number of benzene rings is 2. The number of hydrogen-bond acceptors (Lipinski definition) is 3. The van der Waals surface area contributed by atoms with Crippen molar-refractivity contribution < 1.29 is 9.53 Å². The largest absolute Gasteiger partial charge is 0.490 e. The van der Waals surface area contributed by atoms with Crippen molar-refractivity contribution in [3.05, 3.63) is 65.2 Å². The van der Waals surface area contributed by atoms with Crippen LogP contribution in [0.2, 0.25) is 0 Å². The smallest absolute Gasteiger partial charge is 0.255 e. The molecule has 1 amide bonds. The highest BCUT2D eigenvalue weighted by Gasteiger charge is 2.22. The van der Waals surface area contributed by atoms with Gasteiger partial charge in [-0.2, -0.15) is 0 Å². The average molecular weight is 367 g/mol. The second-order valence-electron chi connectivity index (χ2n) is 7.63. The van der Waals surface area contributed by atoms with E-state index in [9.17, 15) is 4.79 Å². The number of nitrogens with zero attached hydrogens (tertiary/aromatic N) is 1. The lowest BCUT2D eigenvalue weighted by molar-refractivity contribution is 0.0925. The molecule has 1 fully saturated rings. The number of carbonyl (C=O) groups excluding carboxylic acids is 1. The molecule has 0 aliphatic heterocycles. The summed E-state index contributed by atoms with van der Waals surface area (Å²) in [6.07, 6.45) is 3.62. The Balaban J connectivity index is 1.66. The summed E-state index contributed by atoms with van der Waals surface area (Å²) >= 11 is 0. The summed E-state index contributed by atoms with van der Waals surface area (Å²) < 4.78 is 5.99. The lowest BCUT2D eigenvalue weighted by atomic mass is 9.96. The van der Waals surface area contributed by atoms with E-state index < -0.39 is 0 Å². The molecule has 2 aromatic rings. The molecule has 0 unspecified atom stereocenters. The summed E-state index contributed by atoms with van der Waals surface area (Å²) in [6, 6.07) is 16.3. The van der Waals surface area contributed by atoms with Gasteiger partial charge in [-0.05, 0) is 63.4 Å². The van der Waals surface area contributed by atoms with Crippen LogP contribution in [0.1, 0.15) is 54.6 Å². The van der Waals surface area contributed by atoms with Crippen molar-refractivity contribution in [2.45, 2.75) is 58.3 Å². The number of carbonyl (C=O) groups is 1. The van der Waals surface area contributed by atoms with Crippen LogP contribution in [0, 0.1) is 0 Å². The van der Waals surface area contributed by atoms with Crippen LogP contribution in [-0.2, 0) is 13.1 Å². The third-order valence-corrected chi connectivity index (χ3v) is 5.34. The van der Waals surface area contributed by atoms with Gasteiger partial charge < -0.3 is 10.1 Å². The molecule has 1 aliphatic carbocycles. The first-order chi connectivity index (χ1) is 13.0. The lowest BCUT2D eigenvalue weighted by Gasteiger charge is -2.27. The van der Waals surface area contributed by atoms with Gasteiger partial charge in [0.25, 0.3) is 5.91 Å². The minimum absolute atomic E-state index is 0.0862. The molecule has 0 spiro atoms. The summed E-state index contributed by atoms with van der Waals surface area (Å²) in [4.78, 5) is 15.1. The van der Waals surface area contributed by atoms with E-state index in [0.29, 0.717) is 23.9 Å².